The van der Waals surface area contributed by atoms with E-state index < -0.39 is 0 Å². The van der Waals surface area contributed by atoms with Crippen LogP contribution in [0.15, 0.2) is 18.2 Å². The third-order valence-electron chi connectivity index (χ3n) is 3.05. The van der Waals surface area contributed by atoms with E-state index in [-0.39, 0.29) is 12.7 Å². The zero-order valence-corrected chi connectivity index (χ0v) is 9.48. The fourth-order valence-corrected chi connectivity index (χ4v) is 2.15. The number of aliphatic hydroxyl groups excluding tert-OH is 1. The number of aryl methyl sites for hydroxylation is 2. The van der Waals surface area contributed by atoms with Gasteiger partial charge in [-0.1, -0.05) is 18.2 Å². The summed E-state index contributed by atoms with van der Waals surface area (Å²) in [5.41, 5.74) is 8.01. The van der Waals surface area contributed by atoms with Crippen molar-refractivity contribution in [1.29, 1.82) is 0 Å². The maximum Gasteiger partial charge on any atom is 0.126 e. The topological polar surface area (TPSA) is 55.5 Å². The zero-order chi connectivity index (χ0) is 11.4. The van der Waals surface area contributed by atoms with Crippen molar-refractivity contribution in [2.24, 2.45) is 5.73 Å². The third kappa shape index (κ3) is 2.36. The number of para-hydroxylation sites is 1. The van der Waals surface area contributed by atoms with E-state index >= 15 is 0 Å². The van der Waals surface area contributed by atoms with Crippen molar-refractivity contribution in [2.75, 3.05) is 13.2 Å². The highest BCUT2D eigenvalue weighted by Gasteiger charge is 2.20. The predicted octanol–water partition coefficient (Wildman–Crippen LogP) is 1.26. The number of hydrogen-bond acceptors (Lipinski definition) is 3. The van der Waals surface area contributed by atoms with Gasteiger partial charge in [0.25, 0.3) is 0 Å². The molecule has 0 saturated carbocycles. The van der Waals surface area contributed by atoms with Crippen LogP contribution in [0.4, 0.5) is 0 Å². The van der Waals surface area contributed by atoms with Gasteiger partial charge in [0.1, 0.15) is 11.9 Å². The molecule has 3 nitrogen and oxygen atoms in total. The Morgan fingerprint density at radius 3 is 3.06 bits per heavy atom. The van der Waals surface area contributed by atoms with Crippen molar-refractivity contribution in [3.05, 3.63) is 29.3 Å². The number of aliphatic hydroxyl groups is 1. The lowest BCUT2D eigenvalue weighted by Crippen LogP contribution is -2.26. The average Bonchev–Trinajstić information content (AvgIpc) is 2.35. The summed E-state index contributed by atoms with van der Waals surface area (Å²) in [7, 11) is 0. The van der Waals surface area contributed by atoms with E-state index in [4.69, 9.17) is 15.6 Å². The highest BCUT2D eigenvalue weighted by Crippen LogP contribution is 2.31. The number of hydrogen-bond donors (Lipinski definition) is 2. The average molecular weight is 221 g/mol. The molecule has 0 aromatic heterocycles. The van der Waals surface area contributed by atoms with Crippen LogP contribution in [0.2, 0.25) is 0 Å². The van der Waals surface area contributed by atoms with Gasteiger partial charge in [0.15, 0.2) is 0 Å². The summed E-state index contributed by atoms with van der Waals surface area (Å²) < 4.78 is 5.82. The molecule has 1 aromatic carbocycles. The summed E-state index contributed by atoms with van der Waals surface area (Å²) >= 11 is 0. The Hall–Kier alpha value is -1.06. The Labute approximate surface area is 96.2 Å². The molecule has 0 fully saturated rings. The zero-order valence-electron chi connectivity index (χ0n) is 9.48. The van der Waals surface area contributed by atoms with Gasteiger partial charge < -0.3 is 15.6 Å². The fraction of sp³-hybridized carbons (Fsp3) is 0.538. The van der Waals surface area contributed by atoms with E-state index in [0.717, 1.165) is 31.4 Å². The predicted molar refractivity (Wildman–Crippen MR) is 63.6 cm³/mol. The van der Waals surface area contributed by atoms with Crippen LogP contribution in [0.3, 0.4) is 0 Å². The Morgan fingerprint density at radius 1 is 1.44 bits per heavy atom. The molecule has 0 bridgehead atoms. The lowest BCUT2D eigenvalue weighted by Gasteiger charge is -2.26. The van der Waals surface area contributed by atoms with Crippen molar-refractivity contribution in [1.82, 2.24) is 0 Å². The highest BCUT2D eigenvalue weighted by molar-refractivity contribution is 5.43. The summed E-state index contributed by atoms with van der Waals surface area (Å²) in [6.07, 6.45) is 3.80. The molecule has 3 heteroatoms. The van der Waals surface area contributed by atoms with Crippen LogP contribution in [0.5, 0.6) is 5.75 Å². The van der Waals surface area contributed by atoms with Crippen molar-refractivity contribution >= 4 is 0 Å². The second kappa shape index (κ2) is 5.32. The Bertz CT molecular complexity index is 352. The van der Waals surface area contributed by atoms with Gasteiger partial charge in [-0.2, -0.15) is 0 Å². The summed E-state index contributed by atoms with van der Waals surface area (Å²) in [5.74, 6) is 0.987. The SMILES string of the molecule is NCCCc1cccc2c1O[C@@H](CO)CC2. The number of rotatable bonds is 4. The minimum absolute atomic E-state index is 0.0356. The van der Waals surface area contributed by atoms with E-state index in [0.29, 0.717) is 6.54 Å². The molecule has 0 aliphatic carbocycles. The smallest absolute Gasteiger partial charge is 0.126 e. The maximum atomic E-state index is 9.14. The van der Waals surface area contributed by atoms with Gasteiger partial charge in [0.2, 0.25) is 0 Å². The number of benzene rings is 1. The highest BCUT2D eigenvalue weighted by atomic mass is 16.5. The molecule has 1 atom stereocenters. The molecular weight excluding hydrogens is 202 g/mol. The molecular formula is C13H19NO2. The van der Waals surface area contributed by atoms with Gasteiger partial charge in [-0.3, -0.25) is 0 Å². The normalized spacial score (nSPS) is 19.0. The van der Waals surface area contributed by atoms with Crippen LogP contribution in [-0.2, 0) is 12.8 Å². The maximum absolute atomic E-state index is 9.14. The van der Waals surface area contributed by atoms with E-state index in [1.807, 2.05) is 0 Å². The molecule has 0 radical (unpaired) electrons. The lowest BCUT2D eigenvalue weighted by atomic mass is 9.97. The molecule has 88 valence electrons. The molecule has 0 spiro atoms. The number of nitrogens with two attached hydrogens (primary N) is 1. The van der Waals surface area contributed by atoms with Gasteiger partial charge in [0, 0.05) is 0 Å². The second-order valence-corrected chi connectivity index (χ2v) is 4.26. The van der Waals surface area contributed by atoms with Gasteiger partial charge >= 0.3 is 0 Å². The Morgan fingerprint density at radius 2 is 2.31 bits per heavy atom. The molecule has 2 rings (SSSR count). The Balaban J connectivity index is 2.20. The Kier molecular flexibility index (Phi) is 3.80. The molecule has 0 saturated heterocycles. The number of fused-ring (bicyclic) bond motifs is 1. The molecule has 1 heterocycles. The van der Waals surface area contributed by atoms with Crippen LogP contribution in [0, 0.1) is 0 Å². The van der Waals surface area contributed by atoms with Gasteiger partial charge in [0.05, 0.1) is 6.61 Å². The first kappa shape index (κ1) is 11.4. The van der Waals surface area contributed by atoms with Crippen molar-refractivity contribution < 1.29 is 9.84 Å². The minimum Gasteiger partial charge on any atom is -0.487 e. The first-order chi connectivity index (χ1) is 7.85. The lowest BCUT2D eigenvalue weighted by molar-refractivity contribution is 0.0967. The van der Waals surface area contributed by atoms with E-state index in [1.54, 1.807) is 0 Å². The molecule has 3 N–H and O–H groups in total. The van der Waals surface area contributed by atoms with E-state index in [9.17, 15) is 0 Å². The van der Waals surface area contributed by atoms with Crippen LogP contribution in [0.1, 0.15) is 24.0 Å². The van der Waals surface area contributed by atoms with Gasteiger partial charge in [-0.05, 0) is 43.4 Å². The van der Waals surface area contributed by atoms with Crippen LogP contribution >= 0.6 is 0 Å². The van der Waals surface area contributed by atoms with Gasteiger partial charge in [-0.15, -0.1) is 0 Å². The van der Waals surface area contributed by atoms with Gasteiger partial charge in [-0.25, -0.2) is 0 Å². The van der Waals surface area contributed by atoms with E-state index in [2.05, 4.69) is 18.2 Å². The van der Waals surface area contributed by atoms with Crippen LogP contribution in [0.25, 0.3) is 0 Å². The first-order valence-electron chi connectivity index (χ1n) is 5.93. The molecule has 0 amide bonds. The molecule has 16 heavy (non-hydrogen) atoms. The summed E-state index contributed by atoms with van der Waals surface area (Å²) in [6.45, 7) is 0.803. The summed E-state index contributed by atoms with van der Waals surface area (Å²) in [4.78, 5) is 0. The molecule has 0 unspecified atom stereocenters. The van der Waals surface area contributed by atoms with E-state index in [1.165, 1.54) is 11.1 Å². The fourth-order valence-electron chi connectivity index (χ4n) is 2.15. The van der Waals surface area contributed by atoms with Crippen LogP contribution < -0.4 is 10.5 Å². The van der Waals surface area contributed by atoms with Crippen LogP contribution in [-0.4, -0.2) is 24.4 Å². The standard InChI is InChI=1S/C13H19NO2/c14-8-2-5-10-3-1-4-11-6-7-12(9-15)16-13(10)11/h1,3-4,12,15H,2,5-9,14H2/t12-/m1/s1. The third-order valence-corrected chi connectivity index (χ3v) is 3.05. The molecule has 1 aliphatic rings. The molecule has 1 aromatic rings. The monoisotopic (exact) mass is 221 g/mol. The van der Waals surface area contributed by atoms with Crippen molar-refractivity contribution in [3.8, 4) is 5.75 Å². The minimum atomic E-state index is -0.0356. The first-order valence-corrected chi connectivity index (χ1v) is 5.93. The summed E-state index contributed by atoms with van der Waals surface area (Å²) in [5, 5.41) is 9.14. The largest absolute Gasteiger partial charge is 0.487 e. The second-order valence-electron chi connectivity index (χ2n) is 4.26. The number of ether oxygens (including phenoxy) is 1. The quantitative estimate of drug-likeness (QED) is 0.805. The molecule has 1 aliphatic heterocycles. The van der Waals surface area contributed by atoms with Crippen molar-refractivity contribution in [2.45, 2.75) is 31.8 Å². The van der Waals surface area contributed by atoms with Crippen molar-refractivity contribution in [3.63, 3.8) is 0 Å². The summed E-state index contributed by atoms with van der Waals surface area (Å²) in [6, 6.07) is 6.27.